The van der Waals surface area contributed by atoms with Crippen LogP contribution < -0.4 is 20.9 Å². The van der Waals surface area contributed by atoms with Crippen LogP contribution in [0, 0.1) is 0 Å². The third-order valence-corrected chi connectivity index (χ3v) is 8.15. The Labute approximate surface area is 237 Å². The number of nitrogens with two attached hydrogens (primary N) is 1. The van der Waals surface area contributed by atoms with Gasteiger partial charge < -0.3 is 25.6 Å². The third kappa shape index (κ3) is 6.90. The second kappa shape index (κ2) is 12.0. The van der Waals surface area contributed by atoms with Gasteiger partial charge in [-0.25, -0.2) is 14.8 Å². The van der Waals surface area contributed by atoms with Crippen LogP contribution in [0.1, 0.15) is 43.0 Å². The van der Waals surface area contributed by atoms with E-state index >= 15 is 0 Å². The van der Waals surface area contributed by atoms with Crippen LogP contribution in [0.4, 0.5) is 22.0 Å². The summed E-state index contributed by atoms with van der Waals surface area (Å²) in [5.41, 5.74) is 6.92. The lowest BCUT2D eigenvalue weighted by Gasteiger charge is -2.38. The van der Waals surface area contributed by atoms with Crippen molar-refractivity contribution in [3.05, 3.63) is 66.5 Å². The van der Waals surface area contributed by atoms with Gasteiger partial charge in [-0.1, -0.05) is 17.8 Å². The average Bonchev–Trinajstić information content (AvgIpc) is 2.94. The molecule has 0 saturated carbocycles. The Morgan fingerprint density at radius 1 is 0.975 bits per heavy atom. The van der Waals surface area contributed by atoms with Gasteiger partial charge in [0.15, 0.2) is 0 Å². The number of amides is 2. The second-order valence-corrected chi connectivity index (χ2v) is 11.3. The van der Waals surface area contributed by atoms with Crippen LogP contribution in [0.2, 0.25) is 0 Å². The molecule has 10 nitrogen and oxygen atoms in total. The minimum Gasteiger partial charge on any atom is -0.443 e. The molecule has 2 aliphatic heterocycles. The van der Waals surface area contributed by atoms with Crippen LogP contribution in [0.25, 0.3) is 0 Å². The summed E-state index contributed by atoms with van der Waals surface area (Å²) >= 11 is 1.46. The van der Waals surface area contributed by atoms with E-state index in [2.05, 4.69) is 25.1 Å². The van der Waals surface area contributed by atoms with E-state index in [9.17, 15) is 14.4 Å². The molecule has 2 aromatic carbocycles. The highest BCUT2D eigenvalue weighted by Gasteiger charge is 2.33. The summed E-state index contributed by atoms with van der Waals surface area (Å²) in [6.45, 7) is 4.71. The number of hydrogen-bond acceptors (Lipinski definition) is 9. The molecule has 2 fully saturated rings. The highest BCUT2D eigenvalue weighted by Crippen LogP contribution is 2.31. The van der Waals surface area contributed by atoms with Crippen LogP contribution >= 0.6 is 11.8 Å². The van der Waals surface area contributed by atoms with Crippen molar-refractivity contribution in [2.75, 3.05) is 41.3 Å². The lowest BCUT2D eigenvalue weighted by atomic mass is 9.93. The number of nitrogens with zero attached hydrogens (tertiary/aromatic N) is 4. The summed E-state index contributed by atoms with van der Waals surface area (Å²) in [5.74, 6) is 0.883. The SMILES string of the molecule is CC1(OC(N)=O)CCN(c2cnc(Sc3cccc(NC(=O)c4ccc(N5CCC(=O)CC5)cc4)c3)cn2)CC1. The van der Waals surface area contributed by atoms with E-state index < -0.39 is 11.7 Å². The zero-order valence-corrected chi connectivity index (χ0v) is 23.2. The minimum absolute atomic E-state index is 0.189. The predicted molar refractivity (Wildman–Crippen MR) is 154 cm³/mol. The summed E-state index contributed by atoms with van der Waals surface area (Å²) in [4.78, 5) is 49.9. The van der Waals surface area contributed by atoms with E-state index in [0.29, 0.717) is 68.9 Å². The Hall–Kier alpha value is -4.12. The fraction of sp³-hybridized carbons (Fsp3) is 0.345. The molecule has 0 radical (unpaired) electrons. The molecule has 2 amide bonds. The van der Waals surface area contributed by atoms with E-state index in [1.54, 1.807) is 12.4 Å². The van der Waals surface area contributed by atoms with Crippen molar-refractivity contribution in [2.24, 2.45) is 5.73 Å². The van der Waals surface area contributed by atoms with Crippen molar-refractivity contribution in [1.29, 1.82) is 0 Å². The molecule has 1 aromatic heterocycles. The molecule has 40 heavy (non-hydrogen) atoms. The van der Waals surface area contributed by atoms with Crippen LogP contribution in [-0.2, 0) is 9.53 Å². The smallest absolute Gasteiger partial charge is 0.405 e. The highest BCUT2D eigenvalue weighted by molar-refractivity contribution is 7.99. The van der Waals surface area contributed by atoms with Gasteiger partial charge in [-0.05, 0) is 49.4 Å². The first-order chi connectivity index (χ1) is 19.3. The lowest BCUT2D eigenvalue weighted by molar-refractivity contribution is -0.119. The van der Waals surface area contributed by atoms with Gasteiger partial charge in [0, 0.05) is 73.7 Å². The summed E-state index contributed by atoms with van der Waals surface area (Å²) in [7, 11) is 0. The summed E-state index contributed by atoms with van der Waals surface area (Å²) in [5, 5.41) is 3.70. The van der Waals surface area contributed by atoms with Gasteiger partial charge in [-0.3, -0.25) is 9.59 Å². The van der Waals surface area contributed by atoms with Crippen molar-refractivity contribution in [1.82, 2.24) is 9.97 Å². The number of ether oxygens (including phenoxy) is 1. The molecule has 3 aromatic rings. The number of nitrogens with one attached hydrogen (secondary N) is 1. The lowest BCUT2D eigenvalue weighted by Crippen LogP contribution is -2.46. The number of carbonyl (C=O) groups excluding carboxylic acids is 3. The molecule has 0 atom stereocenters. The quantitative estimate of drug-likeness (QED) is 0.429. The van der Waals surface area contributed by atoms with E-state index in [-0.39, 0.29) is 5.91 Å². The van der Waals surface area contributed by atoms with Gasteiger partial charge in [0.05, 0.1) is 12.4 Å². The minimum atomic E-state index is -0.747. The maximum Gasteiger partial charge on any atom is 0.405 e. The number of benzene rings is 2. The van der Waals surface area contributed by atoms with Crippen LogP contribution in [0.5, 0.6) is 0 Å². The molecule has 208 valence electrons. The largest absolute Gasteiger partial charge is 0.443 e. The number of aromatic nitrogens is 2. The van der Waals surface area contributed by atoms with Crippen LogP contribution in [-0.4, -0.2) is 59.5 Å². The summed E-state index contributed by atoms with van der Waals surface area (Å²) in [6, 6.07) is 15.1. The van der Waals surface area contributed by atoms with Crippen LogP contribution in [0.15, 0.2) is 70.8 Å². The number of anilines is 3. The standard InChI is InChI=1S/C29H32N6O4S/c1-29(39-28(30)38)11-15-35(16-12-29)25-18-32-26(19-31-25)40-24-4-2-3-21(17-24)33-27(37)20-5-7-22(8-6-20)34-13-9-23(36)10-14-34/h2-8,17-19H,9-16H2,1H3,(H2,30,38)(H,33,37). The summed E-state index contributed by atoms with van der Waals surface area (Å²) < 4.78 is 5.27. The van der Waals surface area contributed by atoms with Gasteiger partial charge in [0.25, 0.3) is 5.91 Å². The van der Waals surface area contributed by atoms with Gasteiger partial charge >= 0.3 is 6.09 Å². The van der Waals surface area contributed by atoms with E-state index in [4.69, 9.17) is 10.5 Å². The number of piperidine rings is 2. The Balaban J connectivity index is 1.15. The normalized spacial score (nSPS) is 16.9. The topological polar surface area (TPSA) is 131 Å². The Bertz CT molecular complexity index is 1360. The van der Waals surface area contributed by atoms with E-state index in [1.165, 1.54) is 11.8 Å². The number of rotatable bonds is 7. The van der Waals surface area contributed by atoms with Crippen LogP contribution in [0.3, 0.4) is 0 Å². The Kier molecular flexibility index (Phi) is 8.20. The number of carbonyl (C=O) groups is 3. The molecule has 5 rings (SSSR count). The molecular weight excluding hydrogens is 528 g/mol. The first-order valence-electron chi connectivity index (χ1n) is 13.3. The fourth-order valence-corrected chi connectivity index (χ4v) is 5.66. The molecule has 11 heteroatoms. The summed E-state index contributed by atoms with van der Waals surface area (Å²) in [6.07, 6.45) is 5.20. The van der Waals surface area contributed by atoms with Crippen molar-refractivity contribution in [3.8, 4) is 0 Å². The Morgan fingerprint density at radius 2 is 1.70 bits per heavy atom. The molecule has 0 spiro atoms. The third-order valence-electron chi connectivity index (χ3n) is 7.24. The van der Waals surface area contributed by atoms with Crippen molar-refractivity contribution in [2.45, 2.75) is 48.1 Å². The van der Waals surface area contributed by atoms with Gasteiger partial charge in [0.1, 0.15) is 22.2 Å². The predicted octanol–water partition coefficient (Wildman–Crippen LogP) is 4.50. The van der Waals surface area contributed by atoms with Crippen molar-refractivity contribution in [3.63, 3.8) is 0 Å². The molecule has 3 N–H and O–H groups in total. The average molecular weight is 561 g/mol. The zero-order valence-electron chi connectivity index (χ0n) is 22.3. The van der Waals surface area contributed by atoms with Crippen molar-refractivity contribution < 1.29 is 19.1 Å². The number of ketones is 1. The monoisotopic (exact) mass is 560 g/mol. The van der Waals surface area contributed by atoms with Crippen molar-refractivity contribution >= 4 is 46.7 Å². The maximum atomic E-state index is 12.9. The number of hydrogen-bond donors (Lipinski definition) is 2. The van der Waals surface area contributed by atoms with E-state index in [1.807, 2.05) is 55.5 Å². The molecule has 0 unspecified atom stereocenters. The fourth-order valence-electron chi connectivity index (χ4n) is 4.88. The Morgan fingerprint density at radius 3 is 2.35 bits per heavy atom. The van der Waals surface area contributed by atoms with Gasteiger partial charge in [-0.15, -0.1) is 0 Å². The molecule has 3 heterocycles. The van der Waals surface area contributed by atoms with Gasteiger partial charge in [0.2, 0.25) is 0 Å². The highest BCUT2D eigenvalue weighted by atomic mass is 32.2. The molecule has 2 saturated heterocycles. The maximum absolute atomic E-state index is 12.9. The van der Waals surface area contributed by atoms with Gasteiger partial charge in [-0.2, -0.15) is 0 Å². The molecular formula is C29H32N6O4S. The zero-order chi connectivity index (χ0) is 28.1. The molecule has 0 aliphatic carbocycles. The first kappa shape index (κ1) is 27.4. The first-order valence-corrected chi connectivity index (χ1v) is 14.1. The van der Waals surface area contributed by atoms with E-state index in [0.717, 1.165) is 21.4 Å². The molecule has 0 bridgehead atoms. The second-order valence-electron chi connectivity index (χ2n) is 10.2. The number of Topliss-reactive ketones (excluding diaryl/α,β-unsaturated/α-hetero) is 1. The molecule has 2 aliphatic rings. The number of primary amides is 1.